The second kappa shape index (κ2) is 7.69. The Bertz CT molecular complexity index is 758. The zero-order valence-electron chi connectivity index (χ0n) is 13.2. The summed E-state index contributed by atoms with van der Waals surface area (Å²) in [5.41, 5.74) is -0.265. The molecule has 0 aliphatic rings. The molecule has 1 amide bonds. The van der Waals surface area contributed by atoms with Crippen LogP contribution in [0.15, 0.2) is 35.7 Å². The molecule has 0 bridgehead atoms. The lowest BCUT2D eigenvalue weighted by Crippen LogP contribution is -2.30. The Morgan fingerprint density at radius 3 is 2.54 bits per heavy atom. The number of ether oxygens (including phenoxy) is 1. The first-order valence-corrected chi connectivity index (χ1v) is 8.03. The molecule has 0 aliphatic carbocycles. The van der Waals surface area contributed by atoms with Crippen molar-refractivity contribution in [2.75, 3.05) is 13.7 Å². The van der Waals surface area contributed by atoms with Gasteiger partial charge in [0.1, 0.15) is 0 Å². The van der Waals surface area contributed by atoms with Crippen LogP contribution in [0.1, 0.15) is 32.5 Å². The molecule has 1 heterocycles. The number of hydrogen-bond donors (Lipinski definition) is 0. The van der Waals surface area contributed by atoms with Gasteiger partial charge >= 0.3 is 5.97 Å². The number of rotatable bonds is 6. The molecule has 0 fully saturated rings. The second-order valence-corrected chi connectivity index (χ2v) is 5.95. The maximum atomic E-state index is 12.7. The third kappa shape index (κ3) is 3.96. The zero-order valence-corrected chi connectivity index (χ0v) is 14.0. The Hall–Kier alpha value is -2.74. The van der Waals surface area contributed by atoms with Crippen LogP contribution in [-0.2, 0) is 11.3 Å². The fourth-order valence-corrected chi connectivity index (χ4v) is 2.90. The molecule has 0 saturated heterocycles. The molecule has 0 saturated carbocycles. The van der Waals surface area contributed by atoms with Gasteiger partial charge < -0.3 is 9.64 Å². The van der Waals surface area contributed by atoms with E-state index in [-0.39, 0.29) is 22.7 Å². The fraction of sp³-hybridized carbons (Fsp3) is 0.250. The number of hydrogen-bond acceptors (Lipinski definition) is 6. The average molecular weight is 348 g/mol. The van der Waals surface area contributed by atoms with Crippen LogP contribution in [-0.4, -0.2) is 35.4 Å². The quantitative estimate of drug-likeness (QED) is 0.454. The van der Waals surface area contributed by atoms with Crippen LogP contribution < -0.4 is 0 Å². The van der Waals surface area contributed by atoms with E-state index in [4.69, 9.17) is 0 Å². The largest absolute Gasteiger partial charge is 0.465 e. The molecule has 7 nitrogen and oxygen atoms in total. The lowest BCUT2D eigenvalue weighted by molar-refractivity contribution is -0.384. The summed E-state index contributed by atoms with van der Waals surface area (Å²) in [6.45, 7) is 2.67. The molecule has 0 spiro atoms. The number of esters is 1. The van der Waals surface area contributed by atoms with Gasteiger partial charge in [0.15, 0.2) is 0 Å². The van der Waals surface area contributed by atoms with Crippen LogP contribution in [0.2, 0.25) is 0 Å². The predicted octanol–water partition coefficient (Wildman–Crippen LogP) is 3.11. The number of nitro benzene ring substituents is 1. The Labute approximate surface area is 142 Å². The molecular weight excluding hydrogens is 332 g/mol. The summed E-state index contributed by atoms with van der Waals surface area (Å²) < 4.78 is 4.59. The summed E-state index contributed by atoms with van der Waals surface area (Å²) in [6.07, 6.45) is 0. The number of methoxy groups -OCH3 is 1. The van der Waals surface area contributed by atoms with Crippen molar-refractivity contribution in [2.24, 2.45) is 0 Å². The number of nitro groups is 1. The summed E-state index contributed by atoms with van der Waals surface area (Å²) in [5, 5.41) is 13.0. The Kier molecular flexibility index (Phi) is 5.64. The molecule has 8 heteroatoms. The van der Waals surface area contributed by atoms with Gasteiger partial charge in [0, 0.05) is 29.1 Å². The first kappa shape index (κ1) is 17.6. The molecule has 2 rings (SSSR count). The van der Waals surface area contributed by atoms with Gasteiger partial charge in [-0.2, -0.15) is 0 Å². The molecule has 24 heavy (non-hydrogen) atoms. The number of carbonyl (C=O) groups is 2. The van der Waals surface area contributed by atoms with Gasteiger partial charge in [0.05, 0.1) is 24.1 Å². The highest BCUT2D eigenvalue weighted by molar-refractivity contribution is 7.09. The first-order valence-electron chi connectivity index (χ1n) is 7.15. The van der Waals surface area contributed by atoms with E-state index >= 15 is 0 Å². The van der Waals surface area contributed by atoms with Crippen molar-refractivity contribution >= 4 is 28.9 Å². The van der Waals surface area contributed by atoms with Crippen molar-refractivity contribution in [3.05, 3.63) is 61.8 Å². The molecular formula is C16H16N2O5S. The summed E-state index contributed by atoms with van der Waals surface area (Å²) >= 11 is 1.52. The molecule has 1 aromatic carbocycles. The van der Waals surface area contributed by atoms with Gasteiger partial charge in [-0.1, -0.05) is 6.07 Å². The molecule has 1 aromatic heterocycles. The van der Waals surface area contributed by atoms with Crippen LogP contribution in [0.5, 0.6) is 0 Å². The highest BCUT2D eigenvalue weighted by atomic mass is 32.1. The minimum absolute atomic E-state index is 0.0257. The van der Waals surface area contributed by atoms with Crippen LogP contribution in [0.4, 0.5) is 5.69 Å². The van der Waals surface area contributed by atoms with E-state index in [1.54, 1.807) is 4.90 Å². The third-order valence-corrected chi connectivity index (χ3v) is 4.25. The van der Waals surface area contributed by atoms with Gasteiger partial charge in [0.2, 0.25) is 0 Å². The Morgan fingerprint density at radius 2 is 2.00 bits per heavy atom. The molecule has 0 aliphatic heterocycles. The van der Waals surface area contributed by atoms with E-state index in [9.17, 15) is 19.7 Å². The van der Waals surface area contributed by atoms with Crippen molar-refractivity contribution in [1.29, 1.82) is 0 Å². The molecule has 2 aromatic rings. The topological polar surface area (TPSA) is 89.8 Å². The van der Waals surface area contributed by atoms with Crippen molar-refractivity contribution < 1.29 is 19.2 Å². The monoisotopic (exact) mass is 348 g/mol. The maximum absolute atomic E-state index is 12.7. The van der Waals surface area contributed by atoms with Crippen molar-refractivity contribution in [2.45, 2.75) is 13.5 Å². The molecule has 126 valence electrons. The van der Waals surface area contributed by atoms with Crippen LogP contribution in [0.25, 0.3) is 0 Å². The average Bonchev–Trinajstić information content (AvgIpc) is 3.10. The lowest BCUT2D eigenvalue weighted by Gasteiger charge is -2.20. The molecule has 0 unspecified atom stereocenters. The van der Waals surface area contributed by atoms with Gasteiger partial charge in [-0.05, 0) is 24.4 Å². The van der Waals surface area contributed by atoms with E-state index in [0.717, 1.165) is 10.9 Å². The van der Waals surface area contributed by atoms with Crippen LogP contribution in [0, 0.1) is 10.1 Å². The standard InChI is InChI=1S/C16H16N2O5S/c1-3-17(10-14-5-4-6-24-14)15(19)11-7-12(16(20)23-2)9-13(8-11)18(21)22/h4-9H,3,10H2,1-2H3. The van der Waals surface area contributed by atoms with Crippen LogP contribution in [0.3, 0.4) is 0 Å². The van der Waals surface area contributed by atoms with Crippen molar-refractivity contribution in [3.8, 4) is 0 Å². The highest BCUT2D eigenvalue weighted by Gasteiger charge is 2.21. The van der Waals surface area contributed by atoms with Gasteiger partial charge in [0.25, 0.3) is 11.6 Å². The SMILES string of the molecule is CCN(Cc1cccs1)C(=O)c1cc(C(=O)OC)cc([N+](=O)[O-])c1. The summed E-state index contributed by atoms with van der Waals surface area (Å²) in [6, 6.07) is 7.39. The number of thiophene rings is 1. The number of non-ortho nitro benzene ring substituents is 1. The van der Waals surface area contributed by atoms with E-state index < -0.39 is 10.9 Å². The van der Waals surface area contributed by atoms with E-state index in [2.05, 4.69) is 4.74 Å². The number of benzene rings is 1. The molecule has 0 atom stereocenters. The van der Waals surface area contributed by atoms with Gasteiger partial charge in [-0.25, -0.2) is 4.79 Å². The molecule has 0 N–H and O–H groups in total. The Balaban J connectivity index is 2.37. The Morgan fingerprint density at radius 1 is 1.29 bits per heavy atom. The van der Waals surface area contributed by atoms with Gasteiger partial charge in [-0.3, -0.25) is 14.9 Å². The van der Waals surface area contributed by atoms with E-state index in [1.165, 1.54) is 30.6 Å². The van der Waals surface area contributed by atoms with Crippen molar-refractivity contribution in [1.82, 2.24) is 4.90 Å². The predicted molar refractivity (Wildman–Crippen MR) is 89.2 cm³/mol. The second-order valence-electron chi connectivity index (χ2n) is 4.92. The molecule has 0 radical (unpaired) electrons. The first-order chi connectivity index (χ1) is 11.5. The summed E-state index contributed by atoms with van der Waals surface area (Å²) in [5.74, 6) is -1.10. The van der Waals surface area contributed by atoms with Crippen LogP contribution >= 0.6 is 11.3 Å². The minimum Gasteiger partial charge on any atom is -0.465 e. The summed E-state index contributed by atoms with van der Waals surface area (Å²) in [4.78, 5) is 37.4. The number of nitrogens with zero attached hydrogens (tertiary/aromatic N) is 2. The number of carbonyl (C=O) groups excluding carboxylic acids is 2. The zero-order chi connectivity index (χ0) is 17.7. The fourth-order valence-electron chi connectivity index (χ4n) is 2.18. The van der Waals surface area contributed by atoms with Gasteiger partial charge in [-0.15, -0.1) is 11.3 Å². The van der Waals surface area contributed by atoms with E-state index in [0.29, 0.717) is 13.1 Å². The maximum Gasteiger partial charge on any atom is 0.338 e. The summed E-state index contributed by atoms with van der Waals surface area (Å²) in [7, 11) is 1.18. The normalized spacial score (nSPS) is 10.2. The third-order valence-electron chi connectivity index (χ3n) is 3.39. The number of amides is 1. The smallest absolute Gasteiger partial charge is 0.338 e. The van der Waals surface area contributed by atoms with Crippen molar-refractivity contribution in [3.63, 3.8) is 0 Å². The highest BCUT2D eigenvalue weighted by Crippen LogP contribution is 2.21. The van der Waals surface area contributed by atoms with E-state index in [1.807, 2.05) is 24.4 Å². The lowest BCUT2D eigenvalue weighted by atomic mass is 10.1. The minimum atomic E-state index is -0.728.